The van der Waals surface area contributed by atoms with Crippen LogP contribution in [0.3, 0.4) is 0 Å². The number of nitrogens with zero attached hydrogens (tertiary/aromatic N) is 2. The van der Waals surface area contributed by atoms with Crippen LogP contribution in [-0.2, 0) is 4.79 Å². The summed E-state index contributed by atoms with van der Waals surface area (Å²) in [5.74, 6) is -0.199. The van der Waals surface area contributed by atoms with Crippen LogP contribution in [0.4, 0.5) is 10.1 Å². The second kappa shape index (κ2) is 7.50. The molecule has 3 rings (SSSR count). The zero-order chi connectivity index (χ0) is 19.0. The molecule has 8 heteroatoms. The smallest absolute Gasteiger partial charge is 0.237 e. The van der Waals surface area contributed by atoms with Crippen molar-refractivity contribution in [3.05, 3.63) is 45.3 Å². The third-order valence-electron chi connectivity index (χ3n) is 3.95. The minimum Gasteiger partial charge on any atom is -0.323 e. The van der Waals surface area contributed by atoms with Gasteiger partial charge in [-0.3, -0.25) is 4.79 Å². The maximum atomic E-state index is 13.9. The summed E-state index contributed by atoms with van der Waals surface area (Å²) < 4.78 is 13.9. The predicted molar refractivity (Wildman–Crippen MR) is 107 cm³/mol. The number of aromatic nitrogens is 2. The molecule has 1 N–H and O–H groups in total. The van der Waals surface area contributed by atoms with Gasteiger partial charge in [-0.05, 0) is 51.5 Å². The molecule has 0 bridgehead atoms. The summed E-state index contributed by atoms with van der Waals surface area (Å²) in [6.07, 6.45) is 0. The van der Waals surface area contributed by atoms with Crippen molar-refractivity contribution in [3.63, 3.8) is 0 Å². The first kappa shape index (κ1) is 19.1. The molecule has 26 heavy (non-hydrogen) atoms. The van der Waals surface area contributed by atoms with Gasteiger partial charge in [-0.15, -0.1) is 11.3 Å². The summed E-state index contributed by atoms with van der Waals surface area (Å²) >= 11 is 8.71. The van der Waals surface area contributed by atoms with Crippen molar-refractivity contribution in [2.24, 2.45) is 0 Å². The Bertz CT molecular complexity index is 1010. The molecular formula is C18H17ClFN3OS2. The van der Waals surface area contributed by atoms with Crippen molar-refractivity contribution in [1.82, 2.24) is 9.97 Å². The lowest BCUT2D eigenvalue weighted by atomic mass is 10.2. The zero-order valence-corrected chi connectivity index (χ0v) is 17.1. The van der Waals surface area contributed by atoms with Gasteiger partial charge in [0.1, 0.15) is 21.5 Å². The van der Waals surface area contributed by atoms with Gasteiger partial charge in [-0.25, -0.2) is 14.4 Å². The van der Waals surface area contributed by atoms with Crippen molar-refractivity contribution in [2.75, 3.05) is 5.32 Å². The maximum Gasteiger partial charge on any atom is 0.237 e. The van der Waals surface area contributed by atoms with E-state index in [9.17, 15) is 9.18 Å². The second-order valence-electron chi connectivity index (χ2n) is 5.91. The summed E-state index contributed by atoms with van der Waals surface area (Å²) in [6, 6.07) is 4.16. The molecule has 1 aromatic carbocycles. The standard InChI is InChI=1S/C18H17ClFN3OS2/c1-8-9(2)25-17-15(8)18(22-11(4)21-17)26-10(3)16(24)23-14-6-5-12(19)7-13(14)20/h5-7,10H,1-4H3,(H,23,24)/t10-/m0/s1. The Hall–Kier alpha value is -1.70. The Morgan fingerprint density at radius 1 is 1.31 bits per heavy atom. The van der Waals surface area contributed by atoms with Crippen LogP contribution in [0.5, 0.6) is 0 Å². The van der Waals surface area contributed by atoms with E-state index in [0.29, 0.717) is 5.82 Å². The van der Waals surface area contributed by atoms with Crippen molar-refractivity contribution >= 4 is 56.5 Å². The average Bonchev–Trinajstić information content (AvgIpc) is 2.84. The third kappa shape index (κ3) is 3.84. The average molecular weight is 410 g/mol. The number of nitrogens with one attached hydrogen (secondary N) is 1. The minimum atomic E-state index is -0.562. The Labute approximate surface area is 164 Å². The molecule has 4 nitrogen and oxygen atoms in total. The molecule has 0 unspecified atom stereocenters. The molecule has 0 aliphatic rings. The van der Waals surface area contributed by atoms with Gasteiger partial charge in [0, 0.05) is 15.3 Å². The highest BCUT2D eigenvalue weighted by molar-refractivity contribution is 8.00. The van der Waals surface area contributed by atoms with Crippen LogP contribution in [0.2, 0.25) is 5.02 Å². The van der Waals surface area contributed by atoms with Crippen molar-refractivity contribution in [2.45, 2.75) is 38.0 Å². The molecule has 0 fully saturated rings. The largest absolute Gasteiger partial charge is 0.323 e. The van der Waals surface area contributed by atoms with E-state index in [1.807, 2.05) is 20.8 Å². The monoisotopic (exact) mass is 409 g/mol. The lowest BCUT2D eigenvalue weighted by molar-refractivity contribution is -0.115. The Morgan fingerprint density at radius 3 is 2.73 bits per heavy atom. The van der Waals surface area contributed by atoms with Crippen LogP contribution >= 0.6 is 34.7 Å². The zero-order valence-electron chi connectivity index (χ0n) is 14.7. The van der Waals surface area contributed by atoms with Gasteiger partial charge < -0.3 is 5.32 Å². The summed E-state index contributed by atoms with van der Waals surface area (Å²) in [4.78, 5) is 23.6. The predicted octanol–water partition coefficient (Wildman–Crippen LogP) is 5.53. The number of aryl methyl sites for hydroxylation is 3. The van der Waals surface area contributed by atoms with Crippen molar-refractivity contribution < 1.29 is 9.18 Å². The lowest BCUT2D eigenvalue weighted by Gasteiger charge is -2.13. The van der Waals surface area contributed by atoms with E-state index in [1.54, 1.807) is 18.3 Å². The van der Waals surface area contributed by atoms with Crippen molar-refractivity contribution in [3.8, 4) is 0 Å². The van der Waals surface area contributed by atoms with E-state index in [-0.39, 0.29) is 16.6 Å². The highest BCUT2D eigenvalue weighted by Crippen LogP contribution is 2.36. The number of hydrogen-bond donors (Lipinski definition) is 1. The molecule has 0 saturated heterocycles. The molecular weight excluding hydrogens is 393 g/mol. The first-order valence-electron chi connectivity index (χ1n) is 7.93. The summed E-state index contributed by atoms with van der Waals surface area (Å²) in [5, 5.41) is 4.19. The molecule has 1 atom stereocenters. The number of anilines is 1. The molecule has 0 aliphatic heterocycles. The van der Waals surface area contributed by atoms with E-state index >= 15 is 0 Å². The van der Waals surface area contributed by atoms with Gasteiger partial charge in [0.2, 0.25) is 5.91 Å². The van der Waals surface area contributed by atoms with E-state index in [1.165, 1.54) is 34.8 Å². The van der Waals surface area contributed by atoms with Gasteiger partial charge >= 0.3 is 0 Å². The van der Waals surface area contributed by atoms with E-state index in [0.717, 1.165) is 20.8 Å². The molecule has 136 valence electrons. The molecule has 1 amide bonds. The third-order valence-corrected chi connectivity index (χ3v) is 6.38. The summed E-state index contributed by atoms with van der Waals surface area (Å²) in [5.41, 5.74) is 1.24. The Morgan fingerprint density at radius 2 is 2.04 bits per heavy atom. The van der Waals surface area contributed by atoms with Crippen LogP contribution in [0.25, 0.3) is 10.2 Å². The molecule has 0 radical (unpaired) electrons. The number of benzene rings is 1. The quantitative estimate of drug-likeness (QED) is 0.454. The summed E-state index contributed by atoms with van der Waals surface area (Å²) in [7, 11) is 0. The SMILES string of the molecule is Cc1nc(S[C@@H](C)C(=O)Nc2ccc(Cl)cc2F)c2c(C)c(C)sc2n1. The number of amides is 1. The first-order valence-corrected chi connectivity index (χ1v) is 10.0. The van der Waals surface area contributed by atoms with Crippen LogP contribution in [0, 0.1) is 26.6 Å². The second-order valence-corrected chi connectivity index (χ2v) is 8.88. The highest BCUT2D eigenvalue weighted by atomic mass is 35.5. The maximum absolute atomic E-state index is 13.9. The molecule has 0 saturated carbocycles. The lowest BCUT2D eigenvalue weighted by Crippen LogP contribution is -2.23. The van der Waals surface area contributed by atoms with E-state index in [2.05, 4.69) is 15.3 Å². The number of halogens is 2. The van der Waals surface area contributed by atoms with E-state index < -0.39 is 11.1 Å². The molecule has 2 aromatic heterocycles. The normalized spacial score (nSPS) is 12.4. The molecule has 0 aliphatic carbocycles. The number of thiophene rings is 1. The van der Waals surface area contributed by atoms with Crippen LogP contribution in [-0.4, -0.2) is 21.1 Å². The van der Waals surface area contributed by atoms with E-state index in [4.69, 9.17) is 11.6 Å². The van der Waals surface area contributed by atoms with Gasteiger partial charge in [-0.2, -0.15) is 0 Å². The number of hydrogen-bond acceptors (Lipinski definition) is 5. The fourth-order valence-corrected chi connectivity index (χ4v) is 4.80. The van der Waals surface area contributed by atoms with Gasteiger partial charge in [0.05, 0.1) is 10.9 Å². The first-order chi connectivity index (χ1) is 12.3. The summed E-state index contributed by atoms with van der Waals surface area (Å²) in [6.45, 7) is 7.68. The van der Waals surface area contributed by atoms with Crippen LogP contribution < -0.4 is 5.32 Å². The molecule has 3 aromatic rings. The molecule has 0 spiro atoms. The van der Waals surface area contributed by atoms with Gasteiger partial charge in [0.15, 0.2) is 0 Å². The van der Waals surface area contributed by atoms with Crippen LogP contribution in [0.15, 0.2) is 23.2 Å². The fourth-order valence-electron chi connectivity index (χ4n) is 2.45. The number of carbonyl (C=O) groups is 1. The van der Waals surface area contributed by atoms with Crippen LogP contribution in [0.1, 0.15) is 23.2 Å². The van der Waals surface area contributed by atoms with Gasteiger partial charge in [0.25, 0.3) is 0 Å². The minimum absolute atomic E-state index is 0.110. The van der Waals surface area contributed by atoms with Gasteiger partial charge in [-0.1, -0.05) is 23.4 Å². The Balaban J connectivity index is 1.84. The highest BCUT2D eigenvalue weighted by Gasteiger charge is 2.21. The topological polar surface area (TPSA) is 54.9 Å². The molecule has 2 heterocycles. The Kier molecular flexibility index (Phi) is 5.50. The fraction of sp³-hybridized carbons (Fsp3) is 0.278. The number of fused-ring (bicyclic) bond motifs is 1. The number of thioether (sulfide) groups is 1. The number of rotatable bonds is 4. The van der Waals surface area contributed by atoms with Crippen molar-refractivity contribution in [1.29, 1.82) is 0 Å². The number of carbonyl (C=O) groups excluding carboxylic acids is 1.